The van der Waals surface area contributed by atoms with Gasteiger partial charge in [0.15, 0.2) is 0 Å². The maximum Gasteiger partial charge on any atom is 0.295 e. The van der Waals surface area contributed by atoms with Crippen molar-refractivity contribution < 1.29 is 4.92 Å². The molecule has 0 saturated carbocycles. The van der Waals surface area contributed by atoms with Crippen LogP contribution in [0.15, 0.2) is 74.4 Å². The Morgan fingerprint density at radius 1 is 0.840 bits per heavy atom. The van der Waals surface area contributed by atoms with Crippen LogP contribution in [0.4, 0.5) is 5.69 Å². The molecule has 0 radical (unpaired) electrons. The summed E-state index contributed by atoms with van der Waals surface area (Å²) in [5.74, 6) is 0. The molecule has 5 rings (SSSR count). The van der Waals surface area contributed by atoms with Crippen molar-refractivity contribution in [2.45, 2.75) is 19.6 Å². The predicted octanol–water partition coefficient (Wildman–Crippen LogP) is 5.31. The molecule has 1 aliphatic rings. The van der Waals surface area contributed by atoms with Crippen LogP contribution in [0, 0.1) is 10.1 Å². The number of rotatable bonds is 1. The summed E-state index contributed by atoms with van der Waals surface area (Å²) >= 11 is 3.25. The van der Waals surface area contributed by atoms with Crippen LogP contribution in [-0.2, 0) is 0 Å². The second-order valence-corrected chi connectivity index (χ2v) is 7.66. The fourth-order valence-electron chi connectivity index (χ4n) is 2.99. The lowest BCUT2D eigenvalue weighted by atomic mass is 10.2. The Balaban J connectivity index is 1.78. The molecule has 5 nitrogen and oxygen atoms in total. The molecule has 7 heteroatoms. The van der Waals surface area contributed by atoms with E-state index in [1.54, 1.807) is 35.8 Å². The molecule has 2 aromatic carbocycles. The summed E-state index contributed by atoms with van der Waals surface area (Å²) in [5.41, 5.74) is 1.42. The van der Waals surface area contributed by atoms with Gasteiger partial charge < -0.3 is 0 Å². The number of benzene rings is 2. The fraction of sp³-hybridized carbons (Fsp3) is 0. The minimum atomic E-state index is -0.379. The Morgan fingerprint density at radius 2 is 1.56 bits per heavy atom. The van der Waals surface area contributed by atoms with Gasteiger partial charge in [0.25, 0.3) is 5.69 Å². The van der Waals surface area contributed by atoms with Crippen LogP contribution in [0.5, 0.6) is 0 Å². The normalized spacial score (nSPS) is 12.8. The topological polar surface area (TPSA) is 68.9 Å². The van der Waals surface area contributed by atoms with Gasteiger partial charge in [0.1, 0.15) is 5.52 Å². The van der Waals surface area contributed by atoms with Crippen molar-refractivity contribution in [2.75, 3.05) is 0 Å². The van der Waals surface area contributed by atoms with Crippen molar-refractivity contribution in [1.29, 1.82) is 0 Å². The number of fused-ring (bicyclic) bond motifs is 6. The van der Waals surface area contributed by atoms with Crippen molar-refractivity contribution in [3.63, 3.8) is 0 Å². The predicted molar refractivity (Wildman–Crippen MR) is 98.4 cm³/mol. The second-order valence-electron chi connectivity index (χ2n) is 5.55. The number of nitro benzene ring substituents is 1. The Bertz CT molecular complexity index is 1190. The molecule has 0 bridgehead atoms. The van der Waals surface area contributed by atoms with Crippen LogP contribution in [-0.4, -0.2) is 14.9 Å². The lowest BCUT2D eigenvalue weighted by molar-refractivity contribution is -0.383. The summed E-state index contributed by atoms with van der Waals surface area (Å²) in [5, 5.41) is 13.2. The SMILES string of the molecule is O=[N+]([O-])c1cccc2c3c(cnc12)Sc1cnc2ccccc2c1S3. The number of hydrogen-bond acceptors (Lipinski definition) is 6. The minimum absolute atomic E-state index is 0.0382. The van der Waals surface area contributed by atoms with E-state index in [2.05, 4.69) is 16.0 Å². The molecular weight excluding hydrogens is 354 g/mol. The molecule has 0 amide bonds. The maximum absolute atomic E-state index is 11.3. The van der Waals surface area contributed by atoms with Crippen LogP contribution in [0.1, 0.15) is 0 Å². The summed E-state index contributed by atoms with van der Waals surface area (Å²) in [6, 6.07) is 13.1. The van der Waals surface area contributed by atoms with E-state index < -0.39 is 0 Å². The van der Waals surface area contributed by atoms with Gasteiger partial charge in [-0.05, 0) is 6.07 Å². The Labute approximate surface area is 150 Å². The zero-order valence-electron chi connectivity index (χ0n) is 12.7. The van der Waals surface area contributed by atoms with Crippen LogP contribution in [0.25, 0.3) is 21.8 Å². The van der Waals surface area contributed by atoms with Crippen molar-refractivity contribution in [1.82, 2.24) is 9.97 Å². The molecule has 120 valence electrons. The zero-order chi connectivity index (χ0) is 17.0. The smallest absolute Gasteiger partial charge is 0.258 e. The summed E-state index contributed by atoms with van der Waals surface area (Å²) in [6.07, 6.45) is 3.61. The highest BCUT2D eigenvalue weighted by atomic mass is 32.2. The van der Waals surface area contributed by atoms with Crippen LogP contribution in [0.2, 0.25) is 0 Å². The summed E-state index contributed by atoms with van der Waals surface area (Å²) in [6.45, 7) is 0. The minimum Gasteiger partial charge on any atom is -0.258 e. The molecule has 0 aliphatic carbocycles. The van der Waals surface area contributed by atoms with Gasteiger partial charge in [0.2, 0.25) is 0 Å². The first kappa shape index (κ1) is 14.7. The van der Waals surface area contributed by atoms with Crippen molar-refractivity contribution in [2.24, 2.45) is 0 Å². The molecule has 0 saturated heterocycles. The molecule has 2 aromatic heterocycles. The van der Waals surface area contributed by atoms with E-state index in [4.69, 9.17) is 0 Å². The number of pyridine rings is 2. The number of hydrogen-bond donors (Lipinski definition) is 0. The van der Waals surface area contributed by atoms with Gasteiger partial charge in [-0.2, -0.15) is 0 Å². The third kappa shape index (κ3) is 2.20. The largest absolute Gasteiger partial charge is 0.295 e. The quantitative estimate of drug-likeness (QED) is 0.297. The molecule has 0 unspecified atom stereocenters. The molecule has 25 heavy (non-hydrogen) atoms. The van der Waals surface area contributed by atoms with Crippen LogP contribution >= 0.6 is 23.5 Å². The third-order valence-electron chi connectivity index (χ3n) is 4.11. The number of para-hydroxylation sites is 2. The standard InChI is InChI=1S/C18H9N3O2S2/c22-21(23)13-7-3-5-11-16(13)20-9-15-18(11)25-17-10-4-1-2-6-12(10)19-8-14(17)24-15/h1-9H. The molecule has 0 N–H and O–H groups in total. The van der Waals surface area contributed by atoms with E-state index in [1.807, 2.05) is 30.5 Å². The summed E-state index contributed by atoms with van der Waals surface area (Å²) < 4.78 is 0. The first-order valence-electron chi connectivity index (χ1n) is 7.52. The highest BCUT2D eigenvalue weighted by Crippen LogP contribution is 2.52. The monoisotopic (exact) mass is 363 g/mol. The van der Waals surface area contributed by atoms with Crippen molar-refractivity contribution in [3.8, 4) is 0 Å². The van der Waals surface area contributed by atoms with Gasteiger partial charge in [-0.25, -0.2) is 4.98 Å². The average Bonchev–Trinajstić information content (AvgIpc) is 2.65. The van der Waals surface area contributed by atoms with Gasteiger partial charge in [-0.1, -0.05) is 53.9 Å². The van der Waals surface area contributed by atoms with E-state index in [0.29, 0.717) is 5.52 Å². The Hall–Kier alpha value is -2.64. The van der Waals surface area contributed by atoms with E-state index in [9.17, 15) is 10.1 Å². The van der Waals surface area contributed by atoms with Gasteiger partial charge in [-0.15, -0.1) is 0 Å². The highest BCUT2D eigenvalue weighted by Gasteiger charge is 2.24. The number of aromatic nitrogens is 2. The van der Waals surface area contributed by atoms with Crippen molar-refractivity contribution in [3.05, 3.63) is 65.0 Å². The van der Waals surface area contributed by atoms with Gasteiger partial charge in [-0.3, -0.25) is 15.1 Å². The molecule has 3 heterocycles. The highest BCUT2D eigenvalue weighted by molar-refractivity contribution is 8.05. The van der Waals surface area contributed by atoms with E-state index in [0.717, 1.165) is 35.9 Å². The molecule has 1 aliphatic heterocycles. The first-order chi connectivity index (χ1) is 12.2. The number of nitro groups is 1. The van der Waals surface area contributed by atoms with Crippen LogP contribution in [0.3, 0.4) is 0 Å². The van der Waals surface area contributed by atoms with Crippen LogP contribution < -0.4 is 0 Å². The van der Waals surface area contributed by atoms with E-state index >= 15 is 0 Å². The lowest BCUT2D eigenvalue weighted by Gasteiger charge is -2.20. The average molecular weight is 363 g/mol. The third-order valence-corrected chi connectivity index (χ3v) is 6.71. The van der Waals surface area contributed by atoms with E-state index in [-0.39, 0.29) is 10.6 Å². The molecule has 0 fully saturated rings. The van der Waals surface area contributed by atoms with E-state index in [1.165, 1.54) is 6.07 Å². The van der Waals surface area contributed by atoms with Gasteiger partial charge in [0.05, 0.1) is 10.4 Å². The lowest BCUT2D eigenvalue weighted by Crippen LogP contribution is -1.97. The first-order valence-corrected chi connectivity index (χ1v) is 9.15. The molecule has 4 aromatic rings. The zero-order valence-corrected chi connectivity index (χ0v) is 14.3. The van der Waals surface area contributed by atoms with Crippen molar-refractivity contribution >= 4 is 51.0 Å². The molecule has 0 atom stereocenters. The molecule has 0 spiro atoms. The maximum atomic E-state index is 11.3. The molecular formula is C18H9N3O2S2. The van der Waals surface area contributed by atoms with Gasteiger partial charge >= 0.3 is 0 Å². The Kier molecular flexibility index (Phi) is 3.19. The number of non-ortho nitro benzene ring substituents is 1. The number of nitrogens with zero attached hydrogens (tertiary/aromatic N) is 3. The second kappa shape index (κ2) is 5.44. The fourth-order valence-corrected chi connectivity index (χ4v) is 5.41. The Morgan fingerprint density at radius 3 is 2.40 bits per heavy atom. The van der Waals surface area contributed by atoms with Gasteiger partial charge in [0, 0.05) is 48.8 Å². The summed E-state index contributed by atoms with van der Waals surface area (Å²) in [7, 11) is 0. The summed E-state index contributed by atoms with van der Waals surface area (Å²) in [4.78, 5) is 24.0.